The Hall–Kier alpha value is -2.93. The molecule has 3 aromatic rings. The molecule has 4 N–H and O–H groups in total. The first-order chi connectivity index (χ1) is 14.3. The van der Waals surface area contributed by atoms with Crippen molar-refractivity contribution in [1.29, 1.82) is 0 Å². The fraction of sp³-hybridized carbons (Fsp3) is 0.136. The lowest BCUT2D eigenvalue weighted by atomic mass is 10.1. The second-order valence-electron chi connectivity index (χ2n) is 6.57. The molecule has 0 aromatic heterocycles. The van der Waals surface area contributed by atoms with Crippen molar-refractivity contribution in [2.45, 2.75) is 19.1 Å². The molecule has 0 aliphatic rings. The van der Waals surface area contributed by atoms with Crippen molar-refractivity contribution in [3.63, 3.8) is 0 Å². The van der Waals surface area contributed by atoms with Gasteiger partial charge in [0.15, 0.2) is 5.75 Å². The number of halogens is 2. The van der Waals surface area contributed by atoms with Gasteiger partial charge >= 0.3 is 5.97 Å². The van der Waals surface area contributed by atoms with Gasteiger partial charge in [-0.3, -0.25) is 4.79 Å². The number of hydrogen-bond acceptors (Lipinski definition) is 5. The topological polar surface area (TPSA) is 102 Å². The van der Waals surface area contributed by atoms with E-state index in [0.29, 0.717) is 22.8 Å². The average molecular weight is 448 g/mol. The number of nitrogens with two attached hydrogens (primary N) is 1. The third-order valence-corrected chi connectivity index (χ3v) is 4.75. The molecule has 8 heteroatoms. The Balaban J connectivity index is 1.68. The lowest BCUT2D eigenvalue weighted by Crippen LogP contribution is -2.32. The molecule has 0 radical (unpaired) electrons. The maximum Gasteiger partial charge on any atom is 0.320 e. The van der Waals surface area contributed by atoms with E-state index in [1.165, 1.54) is 0 Å². The first-order valence-electron chi connectivity index (χ1n) is 8.97. The molecule has 1 unspecified atom stereocenters. The maximum atomic E-state index is 10.9. The summed E-state index contributed by atoms with van der Waals surface area (Å²) in [6.45, 7) is 0.195. The van der Waals surface area contributed by atoms with E-state index >= 15 is 0 Å². The zero-order valence-corrected chi connectivity index (χ0v) is 17.2. The Morgan fingerprint density at radius 1 is 0.967 bits per heavy atom. The zero-order valence-electron chi connectivity index (χ0n) is 15.7. The van der Waals surface area contributed by atoms with Crippen LogP contribution in [-0.2, 0) is 17.8 Å². The molecule has 3 rings (SSSR count). The van der Waals surface area contributed by atoms with E-state index in [2.05, 4.69) is 0 Å². The van der Waals surface area contributed by atoms with Crippen LogP contribution < -0.4 is 15.2 Å². The highest BCUT2D eigenvalue weighted by atomic mass is 35.5. The van der Waals surface area contributed by atoms with Crippen LogP contribution in [-0.4, -0.2) is 22.2 Å². The van der Waals surface area contributed by atoms with Gasteiger partial charge < -0.3 is 25.4 Å². The number of carboxylic acid groups (broad SMARTS) is 1. The van der Waals surface area contributed by atoms with Gasteiger partial charge in [0.1, 0.15) is 29.9 Å². The van der Waals surface area contributed by atoms with Crippen LogP contribution in [0.3, 0.4) is 0 Å². The predicted molar refractivity (Wildman–Crippen MR) is 115 cm³/mol. The number of carboxylic acids is 1. The Bertz CT molecular complexity index is 1020. The molecule has 0 aliphatic carbocycles. The van der Waals surface area contributed by atoms with Gasteiger partial charge in [-0.05, 0) is 66.1 Å². The van der Waals surface area contributed by atoms with E-state index in [1.54, 1.807) is 42.5 Å². The minimum atomic E-state index is -1.10. The summed E-state index contributed by atoms with van der Waals surface area (Å²) in [5.41, 5.74) is 6.99. The summed E-state index contributed by atoms with van der Waals surface area (Å²) >= 11 is 12.5. The van der Waals surface area contributed by atoms with Crippen LogP contribution >= 0.6 is 23.2 Å². The second kappa shape index (κ2) is 9.71. The van der Waals surface area contributed by atoms with Crippen molar-refractivity contribution >= 4 is 29.2 Å². The van der Waals surface area contributed by atoms with E-state index in [-0.39, 0.29) is 28.8 Å². The van der Waals surface area contributed by atoms with E-state index in [0.717, 1.165) is 5.56 Å². The molecule has 0 spiro atoms. The van der Waals surface area contributed by atoms with Crippen LogP contribution in [0, 0.1) is 0 Å². The summed E-state index contributed by atoms with van der Waals surface area (Å²) < 4.78 is 11.5. The molecular formula is C22H19Cl2NO5. The smallest absolute Gasteiger partial charge is 0.320 e. The Kier molecular flexibility index (Phi) is 7.05. The van der Waals surface area contributed by atoms with Gasteiger partial charge in [-0.15, -0.1) is 0 Å². The van der Waals surface area contributed by atoms with E-state index in [9.17, 15) is 9.90 Å². The fourth-order valence-corrected chi connectivity index (χ4v) is 3.36. The number of hydrogen-bond donors (Lipinski definition) is 3. The summed E-state index contributed by atoms with van der Waals surface area (Å²) in [7, 11) is 0. The van der Waals surface area contributed by atoms with Crippen molar-refractivity contribution in [1.82, 2.24) is 0 Å². The minimum absolute atomic E-state index is 0.103. The molecule has 0 saturated heterocycles. The molecule has 3 aromatic carbocycles. The molecule has 0 aliphatic heterocycles. The number of benzene rings is 3. The lowest BCUT2D eigenvalue weighted by molar-refractivity contribution is -0.138. The van der Waals surface area contributed by atoms with E-state index < -0.39 is 12.0 Å². The molecule has 0 fully saturated rings. The monoisotopic (exact) mass is 447 g/mol. The maximum absolute atomic E-state index is 10.9. The van der Waals surface area contributed by atoms with Crippen molar-refractivity contribution < 1.29 is 24.5 Å². The number of phenols is 1. The van der Waals surface area contributed by atoms with E-state index in [4.69, 9.17) is 43.5 Å². The molecular weight excluding hydrogens is 429 g/mol. The Morgan fingerprint density at radius 2 is 1.63 bits per heavy atom. The van der Waals surface area contributed by atoms with Crippen molar-refractivity contribution in [2.75, 3.05) is 0 Å². The highest BCUT2D eigenvalue weighted by Crippen LogP contribution is 2.35. The molecule has 0 saturated carbocycles. The Morgan fingerprint density at radius 3 is 2.27 bits per heavy atom. The van der Waals surface area contributed by atoms with Gasteiger partial charge in [0.05, 0.1) is 10.0 Å². The minimum Gasteiger partial charge on any atom is -0.508 e. The first-order valence-corrected chi connectivity index (χ1v) is 9.72. The highest BCUT2D eigenvalue weighted by molar-refractivity contribution is 6.37. The van der Waals surface area contributed by atoms with Crippen LogP contribution in [0.2, 0.25) is 10.0 Å². The number of aromatic hydroxyl groups is 1. The van der Waals surface area contributed by atoms with Gasteiger partial charge in [0.2, 0.25) is 0 Å². The first kappa shape index (κ1) is 21.8. The van der Waals surface area contributed by atoms with Crippen LogP contribution in [0.5, 0.6) is 23.0 Å². The molecule has 156 valence electrons. The van der Waals surface area contributed by atoms with Gasteiger partial charge in [-0.2, -0.15) is 0 Å². The summed E-state index contributed by atoms with van der Waals surface area (Å²) in [6.07, 6.45) is 0.103. The van der Waals surface area contributed by atoms with Gasteiger partial charge in [0, 0.05) is 0 Å². The lowest BCUT2D eigenvalue weighted by Gasteiger charge is -2.14. The molecule has 30 heavy (non-hydrogen) atoms. The molecule has 0 amide bonds. The van der Waals surface area contributed by atoms with Crippen molar-refractivity contribution in [2.24, 2.45) is 5.73 Å². The standard InChI is InChI=1S/C22H19Cl2NO5/c23-18-9-14(11-20(25)22(27)28)10-19(24)21(18)29-12-13-2-1-3-17(8-13)30-16-6-4-15(26)5-7-16/h1-10,20,26H,11-12,25H2,(H,27,28). The van der Waals surface area contributed by atoms with Crippen LogP contribution in [0.1, 0.15) is 11.1 Å². The zero-order chi connectivity index (χ0) is 21.7. The van der Waals surface area contributed by atoms with E-state index in [1.807, 2.05) is 18.2 Å². The Labute approximate surface area is 183 Å². The third-order valence-electron chi connectivity index (χ3n) is 4.18. The summed E-state index contributed by atoms with van der Waals surface area (Å²) in [5, 5.41) is 18.8. The predicted octanol–water partition coefficient (Wildman–Crippen LogP) is 5.02. The molecule has 6 nitrogen and oxygen atoms in total. The molecule has 0 bridgehead atoms. The highest BCUT2D eigenvalue weighted by Gasteiger charge is 2.16. The normalized spacial score (nSPS) is 11.7. The van der Waals surface area contributed by atoms with Crippen LogP contribution in [0.25, 0.3) is 0 Å². The fourth-order valence-electron chi connectivity index (χ4n) is 2.71. The average Bonchev–Trinajstić information content (AvgIpc) is 2.69. The third kappa shape index (κ3) is 5.79. The van der Waals surface area contributed by atoms with Gasteiger partial charge in [-0.25, -0.2) is 0 Å². The summed E-state index contributed by atoms with van der Waals surface area (Å²) in [4.78, 5) is 10.9. The number of phenolic OH excluding ortho intramolecular Hbond substituents is 1. The summed E-state index contributed by atoms with van der Waals surface area (Å²) in [5.74, 6) is 0.561. The molecule has 1 atom stereocenters. The second-order valence-corrected chi connectivity index (χ2v) is 7.38. The largest absolute Gasteiger partial charge is 0.508 e. The quantitative estimate of drug-likeness (QED) is 0.447. The SMILES string of the molecule is NC(Cc1cc(Cl)c(OCc2cccc(Oc3ccc(O)cc3)c2)c(Cl)c1)C(=O)O. The van der Waals surface area contributed by atoms with Crippen molar-refractivity contribution in [3.05, 3.63) is 81.8 Å². The van der Waals surface area contributed by atoms with Crippen LogP contribution in [0.15, 0.2) is 60.7 Å². The summed E-state index contributed by atoms with van der Waals surface area (Å²) in [6, 6.07) is 15.9. The number of carbonyl (C=O) groups is 1. The van der Waals surface area contributed by atoms with Crippen LogP contribution in [0.4, 0.5) is 0 Å². The number of aliphatic carboxylic acids is 1. The molecule has 0 heterocycles. The van der Waals surface area contributed by atoms with Gasteiger partial charge in [-0.1, -0.05) is 35.3 Å². The number of rotatable bonds is 8. The number of ether oxygens (including phenoxy) is 2. The van der Waals surface area contributed by atoms with Gasteiger partial charge in [0.25, 0.3) is 0 Å². The van der Waals surface area contributed by atoms with Crippen molar-refractivity contribution in [3.8, 4) is 23.0 Å².